The highest BCUT2D eigenvalue weighted by Crippen LogP contribution is 2.17. The molecule has 4 nitrogen and oxygen atoms in total. The molecule has 0 saturated heterocycles. The Bertz CT molecular complexity index is 478. The van der Waals surface area contributed by atoms with Crippen molar-refractivity contribution in [2.24, 2.45) is 0 Å². The second kappa shape index (κ2) is 2.74. The molecular formula is C8H5ClN2O2. The van der Waals surface area contributed by atoms with E-state index in [0.29, 0.717) is 0 Å². The van der Waals surface area contributed by atoms with Gasteiger partial charge in [0.05, 0.1) is 17.3 Å². The molecule has 0 aliphatic heterocycles. The summed E-state index contributed by atoms with van der Waals surface area (Å²) in [6, 6.07) is 4.86. The molecule has 13 heavy (non-hydrogen) atoms. The van der Waals surface area contributed by atoms with Crippen molar-refractivity contribution in [3.63, 3.8) is 0 Å². The average Bonchev–Trinajstić information content (AvgIpc) is 2.52. The summed E-state index contributed by atoms with van der Waals surface area (Å²) in [5.74, 6) is -1.05. The molecule has 0 aromatic carbocycles. The molecular weight excluding hydrogens is 192 g/mol. The van der Waals surface area contributed by atoms with Gasteiger partial charge in [-0.2, -0.15) is 5.10 Å². The van der Waals surface area contributed by atoms with E-state index in [1.54, 1.807) is 18.3 Å². The van der Waals surface area contributed by atoms with Crippen molar-refractivity contribution in [3.05, 3.63) is 35.1 Å². The zero-order valence-corrected chi connectivity index (χ0v) is 7.19. The Labute approximate surface area is 78.4 Å². The number of pyridine rings is 1. The van der Waals surface area contributed by atoms with Gasteiger partial charge in [0, 0.05) is 0 Å². The van der Waals surface area contributed by atoms with E-state index in [9.17, 15) is 4.79 Å². The van der Waals surface area contributed by atoms with Crippen LogP contribution in [-0.2, 0) is 0 Å². The van der Waals surface area contributed by atoms with Crippen LogP contribution in [-0.4, -0.2) is 20.7 Å². The van der Waals surface area contributed by atoms with Crippen LogP contribution in [0.1, 0.15) is 10.4 Å². The zero-order valence-electron chi connectivity index (χ0n) is 6.44. The minimum atomic E-state index is -1.05. The lowest BCUT2D eigenvalue weighted by Crippen LogP contribution is -2.01. The summed E-state index contributed by atoms with van der Waals surface area (Å²) >= 11 is 5.80. The normalized spacial score (nSPS) is 10.5. The highest BCUT2D eigenvalue weighted by Gasteiger charge is 2.11. The predicted molar refractivity (Wildman–Crippen MR) is 47.2 cm³/mol. The van der Waals surface area contributed by atoms with Gasteiger partial charge in [0.25, 0.3) is 0 Å². The monoisotopic (exact) mass is 196 g/mol. The summed E-state index contributed by atoms with van der Waals surface area (Å²) in [6.45, 7) is 0. The fourth-order valence-corrected chi connectivity index (χ4v) is 1.40. The maximum atomic E-state index is 10.7. The van der Waals surface area contributed by atoms with Gasteiger partial charge in [-0.3, -0.25) is 0 Å². The van der Waals surface area contributed by atoms with E-state index in [1.165, 1.54) is 10.6 Å². The first-order valence-corrected chi connectivity index (χ1v) is 3.93. The number of fused-ring (bicyclic) bond motifs is 1. The molecule has 2 aromatic rings. The highest BCUT2D eigenvalue weighted by molar-refractivity contribution is 6.32. The molecule has 0 aliphatic carbocycles. The summed E-state index contributed by atoms with van der Waals surface area (Å²) in [4.78, 5) is 10.7. The third-order valence-corrected chi connectivity index (χ3v) is 2.10. The molecule has 0 amide bonds. The molecule has 5 heteroatoms. The first kappa shape index (κ1) is 8.07. The summed E-state index contributed by atoms with van der Waals surface area (Å²) in [6.07, 6.45) is 1.56. The van der Waals surface area contributed by atoms with E-state index < -0.39 is 5.97 Å². The summed E-state index contributed by atoms with van der Waals surface area (Å²) in [5.41, 5.74) is 0.827. The third kappa shape index (κ3) is 1.15. The molecule has 0 spiro atoms. The smallest absolute Gasteiger partial charge is 0.338 e. The SMILES string of the molecule is O=C(O)c1ccc2ccnn2c1Cl. The lowest BCUT2D eigenvalue weighted by Gasteiger charge is -2.00. The standard InChI is InChI=1S/C8H5ClN2O2/c9-7-6(8(12)13)2-1-5-3-4-10-11(5)7/h1-4H,(H,12,13). The maximum absolute atomic E-state index is 10.7. The molecule has 0 atom stereocenters. The molecule has 2 heterocycles. The number of hydrogen-bond acceptors (Lipinski definition) is 2. The molecule has 2 rings (SSSR count). The Morgan fingerprint density at radius 2 is 2.23 bits per heavy atom. The van der Waals surface area contributed by atoms with Crippen LogP contribution in [0.3, 0.4) is 0 Å². The fourth-order valence-electron chi connectivity index (χ4n) is 1.11. The van der Waals surface area contributed by atoms with Gasteiger partial charge >= 0.3 is 5.97 Å². The minimum absolute atomic E-state index is 0.0536. The number of aromatic carboxylic acids is 1. The Morgan fingerprint density at radius 1 is 1.46 bits per heavy atom. The highest BCUT2D eigenvalue weighted by atomic mass is 35.5. The van der Waals surface area contributed by atoms with Gasteiger partial charge in [-0.25, -0.2) is 9.31 Å². The van der Waals surface area contributed by atoms with Gasteiger partial charge in [-0.1, -0.05) is 11.6 Å². The van der Waals surface area contributed by atoms with E-state index in [2.05, 4.69) is 5.10 Å². The van der Waals surface area contributed by atoms with Crippen molar-refractivity contribution < 1.29 is 9.90 Å². The van der Waals surface area contributed by atoms with Gasteiger partial charge in [-0.15, -0.1) is 0 Å². The van der Waals surface area contributed by atoms with Crippen LogP contribution in [0.2, 0.25) is 5.15 Å². The Kier molecular flexibility index (Phi) is 1.70. The van der Waals surface area contributed by atoms with Crippen molar-refractivity contribution in [3.8, 4) is 0 Å². The van der Waals surface area contributed by atoms with Crippen molar-refractivity contribution >= 4 is 23.1 Å². The second-order valence-corrected chi connectivity index (χ2v) is 2.87. The summed E-state index contributed by atoms with van der Waals surface area (Å²) in [5, 5.41) is 12.7. The molecule has 0 unspecified atom stereocenters. The molecule has 0 fully saturated rings. The van der Waals surface area contributed by atoms with Crippen LogP contribution in [0.15, 0.2) is 24.4 Å². The summed E-state index contributed by atoms with van der Waals surface area (Å²) < 4.78 is 1.38. The number of carbonyl (C=O) groups is 1. The largest absolute Gasteiger partial charge is 0.478 e. The quantitative estimate of drug-likeness (QED) is 0.707. The Balaban J connectivity index is 2.80. The zero-order chi connectivity index (χ0) is 9.42. The number of carboxylic acids is 1. The van der Waals surface area contributed by atoms with Gasteiger partial charge < -0.3 is 5.11 Å². The van der Waals surface area contributed by atoms with Crippen LogP contribution in [0, 0.1) is 0 Å². The third-order valence-electron chi connectivity index (χ3n) is 1.73. The lowest BCUT2D eigenvalue weighted by molar-refractivity contribution is 0.0696. The van der Waals surface area contributed by atoms with Crippen molar-refractivity contribution in [2.45, 2.75) is 0 Å². The lowest BCUT2D eigenvalue weighted by atomic mass is 10.3. The first-order valence-electron chi connectivity index (χ1n) is 3.55. The van der Waals surface area contributed by atoms with Crippen LogP contribution in [0.25, 0.3) is 5.52 Å². The van der Waals surface area contributed by atoms with E-state index in [0.717, 1.165) is 5.52 Å². The Morgan fingerprint density at radius 3 is 2.92 bits per heavy atom. The van der Waals surface area contributed by atoms with Crippen molar-refractivity contribution in [2.75, 3.05) is 0 Å². The van der Waals surface area contributed by atoms with Crippen molar-refractivity contribution in [1.29, 1.82) is 0 Å². The number of carboxylic acid groups (broad SMARTS) is 1. The number of nitrogens with zero attached hydrogens (tertiary/aromatic N) is 2. The van der Waals surface area contributed by atoms with E-state index in [-0.39, 0.29) is 10.7 Å². The topological polar surface area (TPSA) is 54.6 Å². The van der Waals surface area contributed by atoms with Gasteiger partial charge in [0.15, 0.2) is 0 Å². The molecule has 1 N–H and O–H groups in total. The Hall–Kier alpha value is -1.55. The summed E-state index contributed by atoms with van der Waals surface area (Å²) in [7, 11) is 0. The average molecular weight is 197 g/mol. The number of hydrogen-bond donors (Lipinski definition) is 1. The van der Waals surface area contributed by atoms with Crippen molar-refractivity contribution in [1.82, 2.24) is 9.61 Å². The molecule has 0 radical (unpaired) electrons. The number of aromatic nitrogens is 2. The van der Waals surface area contributed by atoms with E-state index >= 15 is 0 Å². The minimum Gasteiger partial charge on any atom is -0.478 e. The number of halogens is 1. The molecule has 0 bridgehead atoms. The molecule has 0 saturated carbocycles. The van der Waals surface area contributed by atoms with E-state index in [4.69, 9.17) is 16.7 Å². The van der Waals surface area contributed by atoms with Crippen LogP contribution in [0.5, 0.6) is 0 Å². The maximum Gasteiger partial charge on any atom is 0.338 e. The predicted octanol–water partition coefficient (Wildman–Crippen LogP) is 1.69. The van der Waals surface area contributed by atoms with Gasteiger partial charge in [0.1, 0.15) is 5.15 Å². The number of rotatable bonds is 1. The first-order chi connectivity index (χ1) is 6.20. The fraction of sp³-hybridized carbons (Fsp3) is 0. The molecule has 66 valence electrons. The molecule has 2 aromatic heterocycles. The van der Waals surface area contributed by atoms with Crippen LogP contribution in [0.4, 0.5) is 0 Å². The molecule has 0 aliphatic rings. The van der Waals surface area contributed by atoms with Crippen LogP contribution >= 0.6 is 11.6 Å². The van der Waals surface area contributed by atoms with E-state index in [1.807, 2.05) is 0 Å². The van der Waals surface area contributed by atoms with Gasteiger partial charge in [0.2, 0.25) is 0 Å². The second-order valence-electron chi connectivity index (χ2n) is 2.51. The van der Waals surface area contributed by atoms with Gasteiger partial charge in [-0.05, 0) is 18.2 Å². The van der Waals surface area contributed by atoms with Crippen LogP contribution < -0.4 is 0 Å².